The van der Waals surface area contributed by atoms with Gasteiger partial charge in [-0.15, -0.1) is 0 Å². The number of phosphoric ester groups is 2. The van der Waals surface area contributed by atoms with Crippen molar-refractivity contribution in [1.29, 1.82) is 0 Å². The van der Waals surface area contributed by atoms with Crippen LogP contribution in [-0.2, 0) is 65.4 Å². The highest BCUT2D eigenvalue weighted by atomic mass is 31.2. The summed E-state index contributed by atoms with van der Waals surface area (Å²) in [5.74, 6) is 0.811. The Morgan fingerprint density at radius 1 is 0.272 bits per heavy atom. The fraction of sp³-hybridized carbons (Fsp3) is 0.945. The van der Waals surface area contributed by atoms with Crippen LogP contribution in [0.15, 0.2) is 0 Å². The van der Waals surface area contributed by atoms with Gasteiger partial charge in [0.1, 0.15) is 19.3 Å². The number of carbonyl (C=O) groups is 4. The van der Waals surface area contributed by atoms with Crippen molar-refractivity contribution in [2.75, 3.05) is 39.6 Å². The Bertz CT molecular complexity index is 1820. The topological polar surface area (TPSA) is 237 Å². The normalized spacial score (nSPS) is 14.2. The summed E-state index contributed by atoms with van der Waals surface area (Å²) in [6.45, 7) is 14.0. The third-order valence-corrected chi connectivity index (χ3v) is 18.7. The van der Waals surface area contributed by atoms with Gasteiger partial charge < -0.3 is 33.8 Å². The highest BCUT2D eigenvalue weighted by Gasteiger charge is 2.30. The number of carbonyl (C=O) groups excluding carboxylic acids is 4. The summed E-state index contributed by atoms with van der Waals surface area (Å²) in [5.41, 5.74) is 0. The van der Waals surface area contributed by atoms with Crippen molar-refractivity contribution in [1.82, 2.24) is 0 Å². The Morgan fingerprint density at radius 2 is 0.457 bits per heavy atom. The number of esters is 4. The minimum absolute atomic E-state index is 0.101. The Morgan fingerprint density at radius 3 is 0.674 bits per heavy atom. The first-order valence-electron chi connectivity index (χ1n) is 37.7. The van der Waals surface area contributed by atoms with E-state index in [2.05, 4.69) is 55.4 Å². The molecule has 0 radical (unpaired) electrons. The molecule has 92 heavy (non-hydrogen) atoms. The first-order chi connectivity index (χ1) is 44.1. The van der Waals surface area contributed by atoms with E-state index in [9.17, 15) is 43.2 Å². The lowest BCUT2D eigenvalue weighted by Gasteiger charge is -2.21. The van der Waals surface area contributed by atoms with Crippen molar-refractivity contribution in [2.24, 2.45) is 23.7 Å². The van der Waals surface area contributed by atoms with E-state index in [0.29, 0.717) is 37.5 Å². The predicted octanol–water partition coefficient (Wildman–Crippen LogP) is 20.9. The fourth-order valence-corrected chi connectivity index (χ4v) is 12.6. The van der Waals surface area contributed by atoms with Gasteiger partial charge in [-0.2, -0.15) is 0 Å². The molecule has 0 fully saturated rings. The lowest BCUT2D eigenvalue weighted by Crippen LogP contribution is -2.30. The zero-order valence-corrected chi connectivity index (χ0v) is 62.0. The number of aliphatic hydroxyl groups excluding tert-OH is 1. The van der Waals surface area contributed by atoms with E-state index in [1.807, 2.05) is 0 Å². The van der Waals surface area contributed by atoms with Crippen LogP contribution in [-0.4, -0.2) is 96.7 Å². The fourth-order valence-electron chi connectivity index (χ4n) is 11.0. The molecule has 0 aliphatic heterocycles. The molecular weight excluding hydrogens is 1210 g/mol. The molecule has 0 amide bonds. The maximum absolute atomic E-state index is 13.1. The van der Waals surface area contributed by atoms with Crippen molar-refractivity contribution in [3.05, 3.63) is 0 Å². The van der Waals surface area contributed by atoms with Crippen molar-refractivity contribution in [3.8, 4) is 0 Å². The Labute approximate surface area is 562 Å². The Kier molecular flexibility index (Phi) is 61.3. The van der Waals surface area contributed by atoms with Crippen LogP contribution >= 0.6 is 15.6 Å². The van der Waals surface area contributed by atoms with Crippen molar-refractivity contribution >= 4 is 39.5 Å². The summed E-state index contributed by atoms with van der Waals surface area (Å²) in [5, 5.41) is 10.6. The molecule has 2 unspecified atom stereocenters. The molecule has 0 spiro atoms. The molecule has 0 rings (SSSR count). The minimum Gasteiger partial charge on any atom is -0.462 e. The second-order valence-electron chi connectivity index (χ2n) is 28.2. The molecule has 3 N–H and O–H groups in total. The highest BCUT2D eigenvalue weighted by Crippen LogP contribution is 2.45. The number of hydrogen-bond acceptors (Lipinski definition) is 15. The summed E-state index contributed by atoms with van der Waals surface area (Å²) in [6, 6.07) is 0. The minimum atomic E-state index is -4.96. The largest absolute Gasteiger partial charge is 0.472 e. The van der Waals surface area contributed by atoms with Gasteiger partial charge in [0, 0.05) is 25.7 Å². The number of ether oxygens (including phenoxy) is 4. The van der Waals surface area contributed by atoms with Crippen LogP contribution in [0.1, 0.15) is 364 Å². The van der Waals surface area contributed by atoms with Gasteiger partial charge >= 0.3 is 39.5 Å². The number of hydrogen-bond donors (Lipinski definition) is 3. The monoisotopic (exact) mass is 1350 g/mol. The average molecular weight is 1350 g/mol. The van der Waals surface area contributed by atoms with E-state index >= 15 is 0 Å². The van der Waals surface area contributed by atoms with Crippen LogP contribution < -0.4 is 0 Å². The second kappa shape index (κ2) is 62.6. The van der Waals surface area contributed by atoms with Crippen molar-refractivity contribution in [3.63, 3.8) is 0 Å². The van der Waals surface area contributed by atoms with E-state index in [0.717, 1.165) is 108 Å². The van der Waals surface area contributed by atoms with Crippen LogP contribution in [0.5, 0.6) is 0 Å². The molecule has 0 aromatic carbocycles. The molecule has 5 atom stereocenters. The third-order valence-electron chi connectivity index (χ3n) is 16.8. The first-order valence-corrected chi connectivity index (χ1v) is 40.7. The SMILES string of the molecule is CC(C)CCCCCCCCCCCCCCCCCC(=O)OC[C@H](COP(=O)(O)OC[C@@H](O)COP(=O)(O)OC[C@@H](COC(=O)CCCCCCCCC(C)C)OC(=O)CCCCCCCCC(C)C)OC(=O)CCCCCCCCCCCCCCCC(C)C. The molecule has 0 bridgehead atoms. The second-order valence-corrected chi connectivity index (χ2v) is 31.1. The van der Waals surface area contributed by atoms with Crippen LogP contribution in [0, 0.1) is 23.7 Å². The van der Waals surface area contributed by atoms with Crippen molar-refractivity contribution in [2.45, 2.75) is 382 Å². The zero-order valence-electron chi connectivity index (χ0n) is 60.2. The molecule has 0 aromatic rings. The van der Waals surface area contributed by atoms with E-state index in [1.54, 1.807) is 0 Å². The van der Waals surface area contributed by atoms with Gasteiger partial charge in [-0.3, -0.25) is 37.3 Å². The van der Waals surface area contributed by atoms with Gasteiger partial charge in [0.05, 0.1) is 26.4 Å². The molecule has 0 aliphatic carbocycles. The van der Waals surface area contributed by atoms with E-state index in [-0.39, 0.29) is 25.7 Å². The molecule has 0 aliphatic rings. The molecule has 0 saturated carbocycles. The number of phosphoric acid groups is 2. The number of aliphatic hydroxyl groups is 1. The highest BCUT2D eigenvalue weighted by molar-refractivity contribution is 7.47. The maximum Gasteiger partial charge on any atom is 0.472 e. The van der Waals surface area contributed by atoms with Gasteiger partial charge in [0.15, 0.2) is 12.2 Å². The smallest absolute Gasteiger partial charge is 0.462 e. The van der Waals surface area contributed by atoms with Gasteiger partial charge in [0.2, 0.25) is 0 Å². The summed E-state index contributed by atoms with van der Waals surface area (Å²) >= 11 is 0. The van der Waals surface area contributed by atoms with Crippen LogP contribution in [0.2, 0.25) is 0 Å². The Hall–Kier alpha value is -1.94. The molecular formula is C73H142O17P2. The standard InChI is InChI=1S/C73H142O17P2/c1-63(2)49-41-33-25-21-17-13-10-9-11-15-19-23-27-37-45-53-70(75)83-59-68(89-72(77)55-47-39-28-24-20-16-12-14-18-22-26-34-42-50-64(3)4)61-87-91(79,80)85-57-67(74)58-86-92(81,82)88-62-69(90-73(78)56-48-40-32-30-36-44-52-66(7)8)60-84-71(76)54-46-38-31-29-35-43-51-65(5)6/h63-69,74H,9-62H2,1-8H3,(H,79,80)(H,81,82)/t67-,68-,69-/m1/s1. The predicted molar refractivity (Wildman–Crippen MR) is 372 cm³/mol. The molecule has 0 saturated heterocycles. The number of rotatable bonds is 70. The zero-order chi connectivity index (χ0) is 68.2. The van der Waals surface area contributed by atoms with E-state index in [1.165, 1.54) is 161 Å². The van der Waals surface area contributed by atoms with Crippen LogP contribution in [0.25, 0.3) is 0 Å². The summed E-state index contributed by atoms with van der Waals surface area (Å²) in [4.78, 5) is 72.6. The summed E-state index contributed by atoms with van der Waals surface area (Å²) < 4.78 is 68.3. The third kappa shape index (κ3) is 66.7. The molecule has 0 heterocycles. The Balaban J connectivity index is 5.20. The first kappa shape index (κ1) is 90.1. The summed E-state index contributed by atoms with van der Waals surface area (Å²) in [7, 11) is -9.90. The van der Waals surface area contributed by atoms with Gasteiger partial charge in [-0.05, 0) is 49.4 Å². The lowest BCUT2D eigenvalue weighted by atomic mass is 10.0. The van der Waals surface area contributed by atoms with Gasteiger partial charge in [-0.25, -0.2) is 9.13 Å². The lowest BCUT2D eigenvalue weighted by molar-refractivity contribution is -0.161. The molecule has 546 valence electrons. The summed E-state index contributed by atoms with van der Waals surface area (Å²) in [6.07, 6.45) is 46.2. The van der Waals surface area contributed by atoms with Crippen LogP contribution in [0.3, 0.4) is 0 Å². The van der Waals surface area contributed by atoms with E-state index in [4.69, 9.17) is 37.0 Å². The quantitative estimate of drug-likeness (QED) is 0.0222. The van der Waals surface area contributed by atoms with E-state index < -0.39 is 97.5 Å². The van der Waals surface area contributed by atoms with Crippen molar-refractivity contribution < 1.29 is 80.2 Å². The molecule has 19 heteroatoms. The molecule has 17 nitrogen and oxygen atoms in total. The average Bonchev–Trinajstić information content (AvgIpc) is 2.33. The van der Waals surface area contributed by atoms with Gasteiger partial charge in [0.25, 0.3) is 0 Å². The van der Waals surface area contributed by atoms with Gasteiger partial charge in [-0.1, -0.05) is 312 Å². The number of unbranched alkanes of at least 4 members (excludes halogenated alkanes) is 36. The van der Waals surface area contributed by atoms with Crippen LogP contribution in [0.4, 0.5) is 0 Å². The maximum atomic E-state index is 13.1. The molecule has 0 aromatic heterocycles.